The predicted octanol–water partition coefficient (Wildman–Crippen LogP) is 4.63. The molecule has 2 heterocycles. The number of anilines is 1. The van der Waals surface area contributed by atoms with Crippen LogP contribution in [0.2, 0.25) is 0 Å². The molecule has 1 aliphatic rings. The minimum absolute atomic E-state index is 0.194. The highest BCUT2D eigenvalue weighted by Gasteiger charge is 2.34. The fourth-order valence-corrected chi connectivity index (χ4v) is 4.02. The number of fused-ring (bicyclic) bond motifs is 1. The van der Waals surface area contributed by atoms with Crippen molar-refractivity contribution in [1.29, 1.82) is 0 Å². The normalized spacial score (nSPS) is 16.5. The van der Waals surface area contributed by atoms with Crippen LogP contribution in [0.15, 0.2) is 41.2 Å². The molecule has 2 aromatic heterocycles. The van der Waals surface area contributed by atoms with Gasteiger partial charge >= 0.3 is 0 Å². The summed E-state index contributed by atoms with van der Waals surface area (Å²) in [5.41, 5.74) is 4.60. The monoisotopic (exact) mass is 392 g/mol. The molecule has 6 nitrogen and oxygen atoms in total. The van der Waals surface area contributed by atoms with Gasteiger partial charge in [-0.3, -0.25) is 9.48 Å². The maximum atomic E-state index is 12.8. The first-order valence-corrected chi connectivity index (χ1v) is 10.2. The zero-order chi connectivity index (χ0) is 20.6. The molecule has 0 aliphatic heterocycles. The standard InChI is InChI=1S/C23H28N4O2/c1-15-6-5-7-16(10-15)13-27-14-18(12-24-27)25-22(28)21-19-11-17(23(2,3)4)8-9-20(19)29-26-21/h5-7,10,12,14,17H,8-9,11,13H2,1-4H3,(H,25,28). The van der Waals surface area contributed by atoms with E-state index in [0.29, 0.717) is 23.8 Å². The summed E-state index contributed by atoms with van der Waals surface area (Å²) in [6.07, 6.45) is 6.24. The quantitative estimate of drug-likeness (QED) is 0.702. The number of nitrogens with zero attached hydrogens (tertiary/aromatic N) is 3. The molecule has 29 heavy (non-hydrogen) atoms. The van der Waals surface area contributed by atoms with E-state index in [9.17, 15) is 4.79 Å². The Morgan fingerprint density at radius 1 is 1.34 bits per heavy atom. The van der Waals surface area contributed by atoms with Crippen molar-refractivity contribution in [2.45, 2.75) is 53.5 Å². The average molecular weight is 393 g/mol. The van der Waals surface area contributed by atoms with Crippen molar-refractivity contribution in [3.63, 3.8) is 0 Å². The molecule has 6 heteroatoms. The third-order valence-electron chi connectivity index (χ3n) is 5.80. The molecule has 152 valence electrons. The van der Waals surface area contributed by atoms with Gasteiger partial charge in [0.25, 0.3) is 5.91 Å². The van der Waals surface area contributed by atoms with Gasteiger partial charge in [-0.05, 0) is 36.7 Å². The van der Waals surface area contributed by atoms with Gasteiger partial charge in [-0.25, -0.2) is 0 Å². The smallest absolute Gasteiger partial charge is 0.278 e. The van der Waals surface area contributed by atoms with Crippen LogP contribution in [-0.4, -0.2) is 20.8 Å². The zero-order valence-corrected chi connectivity index (χ0v) is 17.5. The highest BCUT2D eigenvalue weighted by Crippen LogP contribution is 2.38. The Labute approximate surface area is 171 Å². The van der Waals surface area contributed by atoms with Crippen molar-refractivity contribution in [3.8, 4) is 0 Å². The Balaban J connectivity index is 1.46. The van der Waals surface area contributed by atoms with Gasteiger partial charge in [0.05, 0.1) is 18.4 Å². The molecule has 1 aromatic carbocycles. The number of hydrogen-bond donors (Lipinski definition) is 1. The first-order chi connectivity index (χ1) is 13.8. The van der Waals surface area contributed by atoms with Gasteiger partial charge in [-0.2, -0.15) is 5.10 Å². The Morgan fingerprint density at radius 2 is 2.17 bits per heavy atom. The molecular weight excluding hydrogens is 364 g/mol. The summed E-state index contributed by atoms with van der Waals surface area (Å²) in [7, 11) is 0. The first kappa shape index (κ1) is 19.4. The lowest BCUT2D eigenvalue weighted by atomic mass is 9.71. The largest absolute Gasteiger partial charge is 0.360 e. The lowest BCUT2D eigenvalue weighted by molar-refractivity contribution is 0.101. The van der Waals surface area contributed by atoms with Crippen LogP contribution >= 0.6 is 0 Å². The minimum atomic E-state index is -0.236. The molecule has 0 saturated carbocycles. The zero-order valence-electron chi connectivity index (χ0n) is 17.5. The Bertz CT molecular complexity index is 1030. The average Bonchev–Trinajstić information content (AvgIpc) is 3.27. The van der Waals surface area contributed by atoms with Gasteiger partial charge in [-0.1, -0.05) is 55.8 Å². The van der Waals surface area contributed by atoms with E-state index in [1.807, 2.05) is 16.9 Å². The summed E-state index contributed by atoms with van der Waals surface area (Å²) in [5, 5.41) is 11.4. The molecule has 3 aromatic rings. The number of amides is 1. The number of aryl methyl sites for hydroxylation is 2. The van der Waals surface area contributed by atoms with Gasteiger partial charge in [0.1, 0.15) is 5.76 Å². The molecule has 4 rings (SSSR count). The van der Waals surface area contributed by atoms with E-state index >= 15 is 0 Å². The van der Waals surface area contributed by atoms with Crippen molar-refractivity contribution in [2.24, 2.45) is 11.3 Å². The molecule has 1 atom stereocenters. The fraction of sp³-hybridized carbons (Fsp3) is 0.435. The number of rotatable bonds is 4. The lowest BCUT2D eigenvalue weighted by Gasteiger charge is -2.33. The molecular formula is C23H28N4O2. The molecule has 0 radical (unpaired) electrons. The van der Waals surface area contributed by atoms with Crippen LogP contribution in [0.5, 0.6) is 0 Å². The van der Waals surface area contributed by atoms with E-state index in [-0.39, 0.29) is 11.3 Å². The molecule has 0 bridgehead atoms. The molecule has 1 unspecified atom stereocenters. The van der Waals surface area contributed by atoms with Crippen LogP contribution in [0.1, 0.15) is 60.1 Å². The van der Waals surface area contributed by atoms with E-state index in [2.05, 4.69) is 61.5 Å². The summed E-state index contributed by atoms with van der Waals surface area (Å²) in [6.45, 7) is 9.47. The maximum Gasteiger partial charge on any atom is 0.278 e. The number of benzene rings is 1. The van der Waals surface area contributed by atoms with Gasteiger partial charge < -0.3 is 9.84 Å². The number of hydrogen-bond acceptors (Lipinski definition) is 4. The lowest BCUT2D eigenvalue weighted by Crippen LogP contribution is -2.27. The second kappa shape index (κ2) is 7.50. The number of carbonyl (C=O) groups is 1. The van der Waals surface area contributed by atoms with Crippen molar-refractivity contribution in [1.82, 2.24) is 14.9 Å². The first-order valence-electron chi connectivity index (χ1n) is 10.2. The second-order valence-corrected chi connectivity index (χ2v) is 9.11. The van der Waals surface area contributed by atoms with Gasteiger partial charge in [0, 0.05) is 18.2 Å². The summed E-state index contributed by atoms with van der Waals surface area (Å²) >= 11 is 0. The molecule has 0 saturated heterocycles. The van der Waals surface area contributed by atoms with Gasteiger partial charge in [-0.15, -0.1) is 0 Å². The van der Waals surface area contributed by atoms with Crippen molar-refractivity contribution in [3.05, 3.63) is 64.8 Å². The van der Waals surface area contributed by atoms with Crippen LogP contribution in [-0.2, 0) is 19.4 Å². The second-order valence-electron chi connectivity index (χ2n) is 9.11. The van der Waals surface area contributed by atoms with E-state index in [1.54, 1.807) is 6.20 Å². The van der Waals surface area contributed by atoms with Crippen LogP contribution < -0.4 is 5.32 Å². The molecule has 0 spiro atoms. The number of nitrogens with one attached hydrogen (secondary N) is 1. The SMILES string of the molecule is Cc1cccc(Cn2cc(NC(=O)c3noc4c3CC(C(C)(C)C)CC4)cn2)c1. The highest BCUT2D eigenvalue weighted by molar-refractivity contribution is 6.03. The van der Waals surface area contributed by atoms with Crippen LogP contribution in [0.25, 0.3) is 0 Å². The minimum Gasteiger partial charge on any atom is -0.360 e. The molecule has 1 N–H and O–H groups in total. The van der Waals surface area contributed by atoms with Crippen molar-refractivity contribution in [2.75, 3.05) is 5.32 Å². The highest BCUT2D eigenvalue weighted by atomic mass is 16.5. The third kappa shape index (κ3) is 4.26. The summed E-state index contributed by atoms with van der Waals surface area (Å²) < 4.78 is 7.29. The van der Waals surface area contributed by atoms with Crippen LogP contribution in [0, 0.1) is 18.3 Å². The van der Waals surface area contributed by atoms with E-state index in [4.69, 9.17) is 4.52 Å². The number of carbonyl (C=O) groups excluding carboxylic acids is 1. The molecule has 1 amide bonds. The van der Waals surface area contributed by atoms with Crippen molar-refractivity contribution < 1.29 is 9.32 Å². The topological polar surface area (TPSA) is 73.0 Å². The predicted molar refractivity (Wildman–Crippen MR) is 112 cm³/mol. The van der Waals surface area contributed by atoms with E-state index < -0.39 is 0 Å². The summed E-state index contributed by atoms with van der Waals surface area (Å²) in [6, 6.07) is 8.31. The molecule has 1 aliphatic carbocycles. The van der Waals surface area contributed by atoms with Crippen LogP contribution in [0.4, 0.5) is 5.69 Å². The third-order valence-corrected chi connectivity index (χ3v) is 5.80. The Kier molecular flexibility index (Phi) is 5.03. The summed E-state index contributed by atoms with van der Waals surface area (Å²) in [4.78, 5) is 12.8. The summed E-state index contributed by atoms with van der Waals surface area (Å²) in [5.74, 6) is 1.13. The van der Waals surface area contributed by atoms with E-state index in [0.717, 1.165) is 30.6 Å². The van der Waals surface area contributed by atoms with Crippen LogP contribution in [0.3, 0.4) is 0 Å². The van der Waals surface area contributed by atoms with Gasteiger partial charge in [0.15, 0.2) is 5.69 Å². The fourth-order valence-electron chi connectivity index (χ4n) is 4.02. The maximum absolute atomic E-state index is 12.8. The number of aromatic nitrogens is 3. The van der Waals surface area contributed by atoms with Crippen molar-refractivity contribution >= 4 is 11.6 Å². The molecule has 0 fully saturated rings. The Morgan fingerprint density at radius 3 is 2.93 bits per heavy atom. The van der Waals surface area contributed by atoms with Gasteiger partial charge in [0.2, 0.25) is 0 Å². The Hall–Kier alpha value is -2.89. The van der Waals surface area contributed by atoms with E-state index in [1.165, 1.54) is 11.1 Å².